The summed E-state index contributed by atoms with van der Waals surface area (Å²) < 4.78 is 6.13. The maximum atomic E-state index is 11.2. The number of rotatable bonds is 6. The minimum atomic E-state index is 0.227. The molecule has 1 heterocycles. The Kier molecular flexibility index (Phi) is 5.19. The lowest BCUT2D eigenvalue weighted by molar-refractivity contribution is -0.117. The van der Waals surface area contributed by atoms with Crippen LogP contribution >= 0.6 is 0 Å². The highest BCUT2D eigenvalue weighted by molar-refractivity contribution is 5.76. The van der Waals surface area contributed by atoms with Gasteiger partial charge in [-0.05, 0) is 42.7 Å². The van der Waals surface area contributed by atoms with Crippen molar-refractivity contribution >= 4 is 11.5 Å². The van der Waals surface area contributed by atoms with Crippen molar-refractivity contribution in [1.29, 1.82) is 0 Å². The Labute approximate surface area is 144 Å². The van der Waals surface area contributed by atoms with E-state index in [0.29, 0.717) is 6.42 Å². The van der Waals surface area contributed by atoms with E-state index in [4.69, 9.17) is 4.74 Å². The molecule has 1 saturated heterocycles. The highest BCUT2D eigenvalue weighted by atomic mass is 16.5. The summed E-state index contributed by atoms with van der Waals surface area (Å²) in [7, 11) is 0. The molecule has 2 aromatic rings. The molecule has 0 radical (unpaired) electrons. The lowest BCUT2D eigenvalue weighted by atomic mass is 9.96. The molecule has 1 fully saturated rings. The molecule has 3 rings (SSSR count). The van der Waals surface area contributed by atoms with Gasteiger partial charge in [0.25, 0.3) is 0 Å². The van der Waals surface area contributed by atoms with Crippen molar-refractivity contribution in [3.8, 4) is 5.75 Å². The molecule has 1 aliphatic heterocycles. The van der Waals surface area contributed by atoms with Gasteiger partial charge in [0.05, 0.1) is 6.54 Å². The van der Waals surface area contributed by atoms with E-state index in [9.17, 15) is 4.79 Å². The normalized spacial score (nSPS) is 18.4. The summed E-state index contributed by atoms with van der Waals surface area (Å²) in [5, 5.41) is 0. The number of carbonyl (C=O) groups is 1. The van der Waals surface area contributed by atoms with E-state index in [-0.39, 0.29) is 17.8 Å². The number of benzene rings is 2. The average Bonchev–Trinajstić information content (AvgIpc) is 3.04. The van der Waals surface area contributed by atoms with Crippen molar-refractivity contribution in [2.45, 2.75) is 38.7 Å². The quantitative estimate of drug-likeness (QED) is 0.788. The van der Waals surface area contributed by atoms with Crippen LogP contribution in [0.1, 0.15) is 38.2 Å². The lowest BCUT2D eigenvalue weighted by Gasteiger charge is -2.19. The van der Waals surface area contributed by atoms with Gasteiger partial charge in [-0.1, -0.05) is 37.3 Å². The fraction of sp³-hybridized carbons (Fsp3) is 0.381. The average molecular weight is 323 g/mol. The van der Waals surface area contributed by atoms with Crippen LogP contribution in [0.15, 0.2) is 54.6 Å². The lowest BCUT2D eigenvalue weighted by Crippen LogP contribution is -2.24. The molecule has 0 aliphatic carbocycles. The van der Waals surface area contributed by atoms with E-state index < -0.39 is 0 Å². The van der Waals surface area contributed by atoms with Gasteiger partial charge in [0.2, 0.25) is 0 Å². The number of hydrogen-bond acceptors (Lipinski definition) is 3. The standard InChI is InChI=1S/C21H25NO2/c1-16(14-17(2)23)18-8-10-20(11-9-18)24-21-12-13-22(15-21)19-6-4-3-5-7-19/h3-11,16,21H,12-15H2,1-2H3/t16-,21?/m1/s1. The molecule has 3 heteroatoms. The fourth-order valence-corrected chi connectivity index (χ4v) is 3.31. The molecule has 0 saturated carbocycles. The smallest absolute Gasteiger partial charge is 0.130 e. The summed E-state index contributed by atoms with van der Waals surface area (Å²) in [6.45, 7) is 5.69. The molecule has 1 unspecified atom stereocenters. The Morgan fingerprint density at radius 1 is 1.17 bits per heavy atom. The molecule has 0 N–H and O–H groups in total. The van der Waals surface area contributed by atoms with Crippen molar-refractivity contribution in [3.05, 3.63) is 60.2 Å². The van der Waals surface area contributed by atoms with Gasteiger partial charge < -0.3 is 14.4 Å². The topological polar surface area (TPSA) is 29.5 Å². The van der Waals surface area contributed by atoms with Crippen molar-refractivity contribution in [2.75, 3.05) is 18.0 Å². The Morgan fingerprint density at radius 3 is 2.54 bits per heavy atom. The third-order valence-electron chi connectivity index (χ3n) is 4.61. The van der Waals surface area contributed by atoms with Crippen LogP contribution in [0, 0.1) is 0 Å². The van der Waals surface area contributed by atoms with Crippen molar-refractivity contribution in [1.82, 2.24) is 0 Å². The van der Waals surface area contributed by atoms with Gasteiger partial charge in [-0.15, -0.1) is 0 Å². The fourth-order valence-electron chi connectivity index (χ4n) is 3.31. The first kappa shape index (κ1) is 16.6. The van der Waals surface area contributed by atoms with Crippen molar-refractivity contribution in [3.63, 3.8) is 0 Å². The second-order valence-corrected chi connectivity index (χ2v) is 6.69. The van der Waals surface area contributed by atoms with Gasteiger partial charge in [0.1, 0.15) is 17.6 Å². The molecule has 1 aliphatic rings. The van der Waals surface area contributed by atoms with Crippen LogP contribution in [0.4, 0.5) is 5.69 Å². The molecule has 0 spiro atoms. The number of anilines is 1. The van der Waals surface area contributed by atoms with E-state index in [2.05, 4.69) is 48.2 Å². The summed E-state index contributed by atoms with van der Waals surface area (Å²) in [5.74, 6) is 1.40. The zero-order valence-corrected chi connectivity index (χ0v) is 14.4. The van der Waals surface area contributed by atoms with E-state index in [1.165, 1.54) is 11.3 Å². The van der Waals surface area contributed by atoms with Crippen LogP contribution in [0.5, 0.6) is 5.75 Å². The molecule has 0 amide bonds. The molecule has 126 valence electrons. The van der Waals surface area contributed by atoms with Gasteiger partial charge in [0, 0.05) is 25.1 Å². The van der Waals surface area contributed by atoms with Crippen LogP contribution < -0.4 is 9.64 Å². The number of para-hydroxylation sites is 1. The van der Waals surface area contributed by atoms with Gasteiger partial charge in [-0.3, -0.25) is 0 Å². The maximum Gasteiger partial charge on any atom is 0.130 e. The van der Waals surface area contributed by atoms with Crippen molar-refractivity contribution in [2.24, 2.45) is 0 Å². The first-order valence-corrected chi connectivity index (χ1v) is 8.68. The van der Waals surface area contributed by atoms with Crippen LogP contribution in [-0.2, 0) is 4.79 Å². The van der Waals surface area contributed by atoms with Crippen LogP contribution in [0.25, 0.3) is 0 Å². The summed E-state index contributed by atoms with van der Waals surface area (Å²) >= 11 is 0. The highest BCUT2D eigenvalue weighted by Crippen LogP contribution is 2.26. The number of nitrogens with zero attached hydrogens (tertiary/aromatic N) is 1. The minimum absolute atomic E-state index is 0.227. The first-order valence-electron chi connectivity index (χ1n) is 8.68. The molecule has 0 aromatic heterocycles. The Bertz CT molecular complexity index is 666. The molecule has 0 bridgehead atoms. The number of ketones is 1. The number of hydrogen-bond donors (Lipinski definition) is 0. The molecule has 2 atom stereocenters. The van der Waals surface area contributed by atoms with Crippen LogP contribution in [0.2, 0.25) is 0 Å². The van der Waals surface area contributed by atoms with E-state index in [1.54, 1.807) is 6.92 Å². The summed E-state index contributed by atoms with van der Waals surface area (Å²) in [6.07, 6.45) is 1.86. The number of Topliss-reactive ketones (excluding diaryl/α,β-unsaturated/α-hetero) is 1. The van der Waals surface area contributed by atoms with E-state index in [0.717, 1.165) is 25.3 Å². The SMILES string of the molecule is CC(=O)C[C@@H](C)c1ccc(OC2CCN(c3ccccc3)C2)cc1. The third-order valence-corrected chi connectivity index (χ3v) is 4.61. The largest absolute Gasteiger partial charge is 0.489 e. The van der Waals surface area contributed by atoms with Gasteiger partial charge in [0.15, 0.2) is 0 Å². The van der Waals surface area contributed by atoms with E-state index in [1.807, 2.05) is 18.2 Å². The second-order valence-electron chi connectivity index (χ2n) is 6.69. The Hall–Kier alpha value is -2.29. The summed E-state index contributed by atoms with van der Waals surface area (Å²) in [6, 6.07) is 18.7. The minimum Gasteiger partial charge on any atom is -0.489 e. The monoisotopic (exact) mass is 323 g/mol. The summed E-state index contributed by atoms with van der Waals surface area (Å²) in [5.41, 5.74) is 2.45. The maximum absolute atomic E-state index is 11.2. The van der Waals surface area contributed by atoms with Crippen LogP contribution in [-0.4, -0.2) is 25.0 Å². The Morgan fingerprint density at radius 2 is 1.88 bits per heavy atom. The zero-order chi connectivity index (χ0) is 16.9. The van der Waals surface area contributed by atoms with Crippen LogP contribution in [0.3, 0.4) is 0 Å². The van der Waals surface area contributed by atoms with Crippen molar-refractivity contribution < 1.29 is 9.53 Å². The molecule has 2 aromatic carbocycles. The molecular formula is C21H25NO2. The number of ether oxygens (including phenoxy) is 1. The number of carbonyl (C=O) groups excluding carboxylic acids is 1. The third kappa shape index (κ3) is 4.16. The highest BCUT2D eigenvalue weighted by Gasteiger charge is 2.24. The summed E-state index contributed by atoms with van der Waals surface area (Å²) in [4.78, 5) is 13.6. The van der Waals surface area contributed by atoms with Gasteiger partial charge >= 0.3 is 0 Å². The first-order chi connectivity index (χ1) is 11.6. The predicted molar refractivity (Wildman–Crippen MR) is 97.8 cm³/mol. The molecular weight excluding hydrogens is 298 g/mol. The molecule has 3 nitrogen and oxygen atoms in total. The zero-order valence-electron chi connectivity index (χ0n) is 14.4. The predicted octanol–water partition coefficient (Wildman–Crippen LogP) is 4.43. The van der Waals surface area contributed by atoms with E-state index >= 15 is 0 Å². The van der Waals surface area contributed by atoms with Gasteiger partial charge in [-0.2, -0.15) is 0 Å². The second kappa shape index (κ2) is 7.52. The van der Waals surface area contributed by atoms with Gasteiger partial charge in [-0.25, -0.2) is 0 Å². The Balaban J connectivity index is 1.56. The molecule has 24 heavy (non-hydrogen) atoms.